The second-order valence-electron chi connectivity index (χ2n) is 4.07. The van der Waals surface area contributed by atoms with E-state index < -0.39 is 11.9 Å². The van der Waals surface area contributed by atoms with Gasteiger partial charge in [0.15, 0.2) is 5.69 Å². The second kappa shape index (κ2) is 4.12. The first-order valence-corrected chi connectivity index (χ1v) is 5.63. The molecule has 0 fully saturated rings. The molecule has 0 spiro atoms. The van der Waals surface area contributed by atoms with Crippen molar-refractivity contribution in [1.82, 2.24) is 4.98 Å². The van der Waals surface area contributed by atoms with Gasteiger partial charge in [-0.05, 0) is 5.92 Å². The highest BCUT2D eigenvalue weighted by Gasteiger charge is 2.38. The van der Waals surface area contributed by atoms with E-state index in [2.05, 4.69) is 4.98 Å². The maximum Gasteiger partial charge on any atom is 0.434 e. The highest BCUT2D eigenvalue weighted by atomic mass is 32.1. The number of hydrogen-bond donors (Lipinski definition) is 0. The van der Waals surface area contributed by atoms with Crippen molar-refractivity contribution in [2.75, 3.05) is 0 Å². The smallest absolute Gasteiger partial charge is 0.236 e. The minimum Gasteiger partial charge on any atom is -0.236 e. The molecule has 0 N–H and O–H groups in total. The molecule has 86 valence electrons. The zero-order valence-corrected chi connectivity index (χ0v) is 9.96. The summed E-state index contributed by atoms with van der Waals surface area (Å²) in [6, 6.07) is 0. The standard InChI is InChI=1S/C10H14F3NS/c1-5(2)7-8(10(11,12)13)14-9(15-7)6(3)4/h5-6H,1-4H3. The van der Waals surface area contributed by atoms with Crippen molar-refractivity contribution in [3.05, 3.63) is 15.6 Å². The van der Waals surface area contributed by atoms with Crippen LogP contribution in [-0.4, -0.2) is 4.98 Å². The van der Waals surface area contributed by atoms with Gasteiger partial charge in [0.1, 0.15) is 0 Å². The lowest BCUT2D eigenvalue weighted by Gasteiger charge is -2.07. The van der Waals surface area contributed by atoms with Gasteiger partial charge in [-0.3, -0.25) is 0 Å². The van der Waals surface area contributed by atoms with E-state index in [4.69, 9.17) is 0 Å². The van der Waals surface area contributed by atoms with Crippen LogP contribution in [0.1, 0.15) is 55.1 Å². The molecule has 5 heteroatoms. The van der Waals surface area contributed by atoms with Crippen LogP contribution in [0.25, 0.3) is 0 Å². The molecule has 0 bridgehead atoms. The highest BCUT2D eigenvalue weighted by Crippen LogP contribution is 2.39. The zero-order chi connectivity index (χ0) is 11.8. The summed E-state index contributed by atoms with van der Waals surface area (Å²) in [5, 5.41) is 0.561. The summed E-state index contributed by atoms with van der Waals surface area (Å²) in [7, 11) is 0. The van der Waals surface area contributed by atoms with E-state index >= 15 is 0 Å². The van der Waals surface area contributed by atoms with Crippen molar-refractivity contribution in [3.8, 4) is 0 Å². The number of aromatic nitrogens is 1. The Balaban J connectivity index is 3.24. The number of alkyl halides is 3. The van der Waals surface area contributed by atoms with Crippen LogP contribution in [-0.2, 0) is 6.18 Å². The molecule has 0 aliphatic rings. The molecule has 1 nitrogen and oxygen atoms in total. The molecule has 0 amide bonds. The molecule has 0 saturated carbocycles. The molecule has 0 atom stereocenters. The fraction of sp³-hybridized carbons (Fsp3) is 0.700. The number of rotatable bonds is 2. The summed E-state index contributed by atoms with van der Waals surface area (Å²) in [4.78, 5) is 4.03. The van der Waals surface area contributed by atoms with Crippen LogP contribution < -0.4 is 0 Å². The summed E-state index contributed by atoms with van der Waals surface area (Å²) in [6.45, 7) is 7.21. The Morgan fingerprint density at radius 3 is 1.87 bits per heavy atom. The first-order valence-electron chi connectivity index (χ1n) is 4.81. The van der Waals surface area contributed by atoms with Gasteiger partial charge in [-0.25, -0.2) is 4.98 Å². The van der Waals surface area contributed by atoms with Crippen LogP contribution in [0.5, 0.6) is 0 Å². The predicted octanol–water partition coefficient (Wildman–Crippen LogP) is 4.41. The molecule has 0 aliphatic carbocycles. The van der Waals surface area contributed by atoms with E-state index in [1.807, 2.05) is 13.8 Å². The van der Waals surface area contributed by atoms with Gasteiger partial charge in [0, 0.05) is 10.8 Å². The van der Waals surface area contributed by atoms with Crippen LogP contribution in [0, 0.1) is 0 Å². The largest absolute Gasteiger partial charge is 0.434 e. The Bertz CT molecular complexity index is 339. The highest BCUT2D eigenvalue weighted by molar-refractivity contribution is 7.11. The lowest BCUT2D eigenvalue weighted by Crippen LogP contribution is -2.09. The topological polar surface area (TPSA) is 12.9 Å². The monoisotopic (exact) mass is 237 g/mol. The maximum atomic E-state index is 12.6. The van der Waals surface area contributed by atoms with Gasteiger partial charge in [-0.15, -0.1) is 11.3 Å². The molecule has 0 aromatic carbocycles. The van der Waals surface area contributed by atoms with E-state index in [1.165, 1.54) is 11.3 Å². The Kier molecular flexibility index (Phi) is 3.43. The third-order valence-corrected chi connectivity index (χ3v) is 3.61. The number of thiazole rings is 1. The molecule has 0 aliphatic heterocycles. The van der Waals surface area contributed by atoms with Crippen LogP contribution in [0.3, 0.4) is 0 Å². The molecule has 1 heterocycles. The molecule has 0 saturated heterocycles. The third-order valence-electron chi connectivity index (χ3n) is 1.96. The van der Waals surface area contributed by atoms with Gasteiger partial charge in [0.2, 0.25) is 0 Å². The van der Waals surface area contributed by atoms with Crippen molar-refractivity contribution in [1.29, 1.82) is 0 Å². The van der Waals surface area contributed by atoms with Gasteiger partial charge in [-0.1, -0.05) is 27.7 Å². The van der Waals surface area contributed by atoms with E-state index in [1.54, 1.807) is 13.8 Å². The minimum atomic E-state index is -4.33. The fourth-order valence-electron chi connectivity index (χ4n) is 1.19. The number of halogens is 3. The van der Waals surface area contributed by atoms with Gasteiger partial charge < -0.3 is 0 Å². The molecule has 0 unspecified atom stereocenters. The second-order valence-corrected chi connectivity index (χ2v) is 5.13. The third kappa shape index (κ3) is 2.71. The Morgan fingerprint density at radius 2 is 1.60 bits per heavy atom. The molecule has 0 radical (unpaired) electrons. The van der Waals surface area contributed by atoms with Crippen molar-refractivity contribution >= 4 is 11.3 Å². The average molecular weight is 237 g/mol. The van der Waals surface area contributed by atoms with Crippen molar-refractivity contribution in [2.24, 2.45) is 0 Å². The Hall–Kier alpha value is -0.580. The molecule has 15 heavy (non-hydrogen) atoms. The molecular weight excluding hydrogens is 223 g/mol. The summed E-state index contributed by atoms with van der Waals surface area (Å²) in [5.41, 5.74) is -0.703. The van der Waals surface area contributed by atoms with E-state index in [9.17, 15) is 13.2 Å². The average Bonchev–Trinajstić information content (AvgIpc) is 2.45. The molecule has 1 rings (SSSR count). The van der Waals surface area contributed by atoms with Crippen LogP contribution in [0.15, 0.2) is 0 Å². The van der Waals surface area contributed by atoms with Crippen LogP contribution in [0.2, 0.25) is 0 Å². The van der Waals surface area contributed by atoms with E-state index in [-0.39, 0.29) is 11.8 Å². The van der Waals surface area contributed by atoms with Gasteiger partial charge in [0.25, 0.3) is 0 Å². The van der Waals surface area contributed by atoms with Crippen molar-refractivity contribution in [3.63, 3.8) is 0 Å². The fourth-order valence-corrected chi connectivity index (χ4v) is 2.28. The SMILES string of the molecule is CC(C)c1nc(C(F)(F)F)c(C(C)C)s1. The maximum absolute atomic E-state index is 12.6. The Labute approximate surface area is 91.3 Å². The lowest BCUT2D eigenvalue weighted by atomic mass is 10.1. The van der Waals surface area contributed by atoms with Gasteiger partial charge >= 0.3 is 6.18 Å². The molecule has 1 aromatic heterocycles. The quantitative estimate of drug-likeness (QED) is 0.742. The summed E-state index contributed by atoms with van der Waals surface area (Å²) in [5.74, 6) is -0.0878. The predicted molar refractivity (Wildman–Crippen MR) is 55.3 cm³/mol. The first kappa shape index (κ1) is 12.5. The van der Waals surface area contributed by atoms with Gasteiger partial charge in [0.05, 0.1) is 5.01 Å². The normalized spacial score (nSPS) is 12.9. The van der Waals surface area contributed by atoms with Crippen LogP contribution >= 0.6 is 11.3 Å². The zero-order valence-electron chi connectivity index (χ0n) is 9.14. The van der Waals surface area contributed by atoms with Crippen molar-refractivity contribution in [2.45, 2.75) is 45.7 Å². The van der Waals surface area contributed by atoms with Crippen molar-refractivity contribution < 1.29 is 13.2 Å². The first-order chi connectivity index (χ1) is 6.73. The van der Waals surface area contributed by atoms with E-state index in [0.29, 0.717) is 9.88 Å². The minimum absolute atomic E-state index is 0.0450. The Morgan fingerprint density at radius 1 is 1.07 bits per heavy atom. The van der Waals surface area contributed by atoms with E-state index in [0.717, 1.165) is 0 Å². The van der Waals surface area contributed by atoms with Crippen LogP contribution in [0.4, 0.5) is 13.2 Å². The van der Waals surface area contributed by atoms with Gasteiger partial charge in [-0.2, -0.15) is 13.2 Å². The lowest BCUT2D eigenvalue weighted by molar-refractivity contribution is -0.141. The summed E-state index contributed by atoms with van der Waals surface area (Å²) < 4.78 is 37.9. The molecular formula is C10H14F3NS. The number of nitrogens with zero attached hydrogens (tertiary/aromatic N) is 1. The summed E-state index contributed by atoms with van der Waals surface area (Å²) in [6.07, 6.45) is -4.33. The number of hydrogen-bond acceptors (Lipinski definition) is 2. The summed E-state index contributed by atoms with van der Waals surface area (Å²) >= 11 is 1.17. The molecule has 1 aromatic rings.